The van der Waals surface area contributed by atoms with Gasteiger partial charge >= 0.3 is 0 Å². The normalized spacial score (nSPS) is 14.8. The first kappa shape index (κ1) is 20.1. The topological polar surface area (TPSA) is 81.3 Å². The first-order valence-electron chi connectivity index (χ1n) is 9.71. The molecule has 0 bridgehead atoms. The lowest BCUT2D eigenvalue weighted by molar-refractivity contribution is 0.115. The molecule has 0 fully saturated rings. The zero-order valence-electron chi connectivity index (χ0n) is 16.8. The summed E-state index contributed by atoms with van der Waals surface area (Å²) in [6.45, 7) is 2.49. The number of ether oxygens (including phenoxy) is 1. The second-order valence-corrected chi connectivity index (χ2v) is 7.35. The number of pyridine rings is 1. The third kappa shape index (κ3) is 3.67. The highest BCUT2D eigenvalue weighted by atomic mass is 35.5. The Morgan fingerprint density at radius 1 is 1.20 bits per heavy atom. The molecule has 4 N–H and O–H groups in total. The predicted octanol–water partition coefficient (Wildman–Crippen LogP) is 4.58. The maximum atomic E-state index is 13.6. The number of rotatable bonds is 5. The molecule has 1 aliphatic heterocycles. The van der Waals surface area contributed by atoms with E-state index in [9.17, 15) is 4.79 Å². The largest absolute Gasteiger partial charge is 0.397 e. The lowest BCUT2D eigenvalue weighted by Gasteiger charge is -2.26. The lowest BCUT2D eigenvalue weighted by Crippen LogP contribution is -2.31. The van der Waals surface area contributed by atoms with Crippen molar-refractivity contribution >= 4 is 34.9 Å². The van der Waals surface area contributed by atoms with E-state index in [1.165, 1.54) is 0 Å². The molecule has 0 saturated carbocycles. The fourth-order valence-corrected chi connectivity index (χ4v) is 3.67. The molecule has 4 rings (SSSR count). The molecule has 7 heteroatoms. The van der Waals surface area contributed by atoms with E-state index in [1.54, 1.807) is 29.8 Å². The Morgan fingerprint density at radius 3 is 2.67 bits per heavy atom. The number of nitrogens with one attached hydrogen (secondary N) is 2. The number of aromatic nitrogens is 1. The highest BCUT2D eigenvalue weighted by molar-refractivity contribution is 6.30. The number of anilines is 3. The molecule has 3 aromatic rings. The Balaban J connectivity index is 1.95. The van der Waals surface area contributed by atoms with Crippen LogP contribution in [0, 0.1) is 0 Å². The minimum atomic E-state index is -0.307. The van der Waals surface area contributed by atoms with E-state index < -0.39 is 0 Å². The molecular formula is C23H23ClN4O2. The molecule has 1 unspecified atom stereocenters. The second kappa shape index (κ2) is 8.26. The van der Waals surface area contributed by atoms with Crippen LogP contribution < -0.4 is 21.9 Å². The quantitative estimate of drug-likeness (QED) is 0.524. The Morgan fingerprint density at radius 2 is 1.97 bits per heavy atom. The molecule has 1 aliphatic rings. The zero-order chi connectivity index (χ0) is 21.3. The highest BCUT2D eigenvalue weighted by Crippen LogP contribution is 2.31. The van der Waals surface area contributed by atoms with E-state index in [-0.39, 0.29) is 11.8 Å². The average molecular weight is 423 g/mol. The van der Waals surface area contributed by atoms with Gasteiger partial charge in [0.15, 0.2) is 0 Å². The van der Waals surface area contributed by atoms with Crippen molar-refractivity contribution in [1.82, 2.24) is 4.57 Å². The van der Waals surface area contributed by atoms with Crippen LogP contribution in [0.15, 0.2) is 59.4 Å². The monoisotopic (exact) mass is 422 g/mol. The van der Waals surface area contributed by atoms with Crippen LogP contribution in [0.3, 0.4) is 0 Å². The molecule has 0 aliphatic carbocycles. The van der Waals surface area contributed by atoms with Crippen LogP contribution in [0.5, 0.6) is 0 Å². The first-order chi connectivity index (χ1) is 14.5. The van der Waals surface area contributed by atoms with Crippen molar-refractivity contribution in [3.63, 3.8) is 0 Å². The molecule has 2 heterocycles. The number of hydrogen-bond acceptors (Lipinski definition) is 5. The zero-order valence-corrected chi connectivity index (χ0v) is 17.5. The molecule has 0 spiro atoms. The maximum Gasteiger partial charge on any atom is 0.264 e. The summed E-state index contributed by atoms with van der Waals surface area (Å²) in [5.41, 5.74) is 10.2. The summed E-state index contributed by atoms with van der Waals surface area (Å²) in [7, 11) is 1.80. The minimum Gasteiger partial charge on any atom is -0.397 e. The van der Waals surface area contributed by atoms with Crippen LogP contribution in [0.4, 0.5) is 17.2 Å². The van der Waals surface area contributed by atoms with Crippen LogP contribution in [-0.4, -0.2) is 24.4 Å². The van der Waals surface area contributed by atoms with Gasteiger partial charge in [-0.05, 0) is 61.0 Å². The van der Waals surface area contributed by atoms with Crippen LogP contribution in [0.2, 0.25) is 5.02 Å². The predicted molar refractivity (Wildman–Crippen MR) is 125 cm³/mol. The Bertz CT molecular complexity index is 1170. The minimum absolute atomic E-state index is 0.152. The molecule has 2 aromatic carbocycles. The van der Waals surface area contributed by atoms with Crippen molar-refractivity contribution in [3.05, 3.63) is 75.5 Å². The van der Waals surface area contributed by atoms with Gasteiger partial charge in [-0.3, -0.25) is 9.36 Å². The molecule has 0 radical (unpaired) electrons. The standard InChI is InChI=1S/C23H23ClN4O2/c1-3-30-21-11-5-15-12-18(14-4-10-19(25)20(13-14)26-2)23(29)28(22(15)27-21)17-8-6-16(24)7-9-17/h4-13,21,26-27H,3,25H2,1-2H3. The van der Waals surface area contributed by atoms with Crippen LogP contribution in [0.1, 0.15) is 12.5 Å². The number of hydrogen-bond donors (Lipinski definition) is 3. The Labute approximate surface area is 179 Å². The van der Waals surface area contributed by atoms with Crippen molar-refractivity contribution in [3.8, 4) is 16.8 Å². The Hall–Kier alpha value is -3.22. The van der Waals surface area contributed by atoms with E-state index in [1.807, 2.05) is 49.4 Å². The van der Waals surface area contributed by atoms with Gasteiger partial charge in [-0.2, -0.15) is 0 Å². The van der Waals surface area contributed by atoms with Crippen molar-refractivity contribution in [2.75, 3.05) is 30.0 Å². The van der Waals surface area contributed by atoms with Gasteiger partial charge in [0.2, 0.25) is 0 Å². The fourth-order valence-electron chi connectivity index (χ4n) is 3.55. The maximum absolute atomic E-state index is 13.6. The summed E-state index contributed by atoms with van der Waals surface area (Å²) in [5.74, 6) is 0.677. The summed E-state index contributed by atoms with van der Waals surface area (Å²) < 4.78 is 7.35. The number of nitrogens with two attached hydrogens (primary N) is 1. The summed E-state index contributed by atoms with van der Waals surface area (Å²) in [5, 5.41) is 6.99. The molecule has 30 heavy (non-hydrogen) atoms. The van der Waals surface area contributed by atoms with Gasteiger partial charge in [0.1, 0.15) is 12.0 Å². The lowest BCUT2D eigenvalue weighted by atomic mass is 10.0. The molecule has 0 saturated heterocycles. The molecule has 1 aromatic heterocycles. The van der Waals surface area contributed by atoms with E-state index in [2.05, 4.69) is 10.6 Å². The number of nitrogen functional groups attached to an aromatic ring is 1. The van der Waals surface area contributed by atoms with E-state index in [0.717, 1.165) is 16.8 Å². The average Bonchev–Trinajstić information content (AvgIpc) is 2.75. The third-order valence-electron chi connectivity index (χ3n) is 5.02. The van der Waals surface area contributed by atoms with Crippen molar-refractivity contribution in [1.29, 1.82) is 0 Å². The van der Waals surface area contributed by atoms with Gasteiger partial charge in [0.05, 0.1) is 17.1 Å². The van der Waals surface area contributed by atoms with Crippen molar-refractivity contribution in [2.24, 2.45) is 0 Å². The van der Waals surface area contributed by atoms with E-state index >= 15 is 0 Å². The smallest absolute Gasteiger partial charge is 0.264 e. The molecule has 1 atom stereocenters. The number of benzene rings is 2. The first-order valence-corrected chi connectivity index (χ1v) is 10.1. The van der Waals surface area contributed by atoms with Crippen LogP contribution in [-0.2, 0) is 4.74 Å². The summed E-state index contributed by atoms with van der Waals surface area (Å²) in [6, 6.07) is 14.6. The Kier molecular flexibility index (Phi) is 5.53. The summed E-state index contributed by atoms with van der Waals surface area (Å²) >= 11 is 6.07. The van der Waals surface area contributed by atoms with Gasteiger partial charge < -0.3 is 21.1 Å². The van der Waals surface area contributed by atoms with Gasteiger partial charge in [0.25, 0.3) is 5.56 Å². The van der Waals surface area contributed by atoms with E-state index in [0.29, 0.717) is 34.4 Å². The SMILES string of the molecule is CCOC1C=Cc2cc(-c3ccc(N)c(NC)c3)c(=O)n(-c3ccc(Cl)cc3)c2N1. The number of fused-ring (bicyclic) bond motifs is 1. The van der Waals surface area contributed by atoms with Gasteiger partial charge in [-0.25, -0.2) is 0 Å². The molecular weight excluding hydrogens is 400 g/mol. The molecule has 154 valence electrons. The third-order valence-corrected chi connectivity index (χ3v) is 5.28. The van der Waals surface area contributed by atoms with Crippen molar-refractivity contribution in [2.45, 2.75) is 13.2 Å². The fraction of sp³-hybridized carbons (Fsp3) is 0.174. The van der Waals surface area contributed by atoms with Gasteiger partial charge in [-0.15, -0.1) is 0 Å². The van der Waals surface area contributed by atoms with E-state index in [4.69, 9.17) is 22.1 Å². The summed E-state index contributed by atoms with van der Waals surface area (Å²) in [4.78, 5) is 13.6. The highest BCUT2D eigenvalue weighted by Gasteiger charge is 2.21. The summed E-state index contributed by atoms with van der Waals surface area (Å²) in [6.07, 6.45) is 3.60. The number of halogens is 1. The second-order valence-electron chi connectivity index (χ2n) is 6.91. The van der Waals surface area contributed by atoms with Gasteiger partial charge in [0, 0.05) is 29.8 Å². The number of nitrogens with zero attached hydrogens (tertiary/aromatic N) is 1. The molecule has 0 amide bonds. The van der Waals surface area contributed by atoms with Gasteiger partial charge in [-0.1, -0.05) is 23.7 Å². The van der Waals surface area contributed by atoms with Crippen LogP contribution >= 0.6 is 11.6 Å². The van der Waals surface area contributed by atoms with Crippen molar-refractivity contribution < 1.29 is 4.74 Å². The molecule has 6 nitrogen and oxygen atoms in total. The van der Waals surface area contributed by atoms with Crippen LogP contribution in [0.25, 0.3) is 22.9 Å².